The Morgan fingerprint density at radius 2 is 1.77 bits per heavy atom. The highest BCUT2D eigenvalue weighted by atomic mass is 32.3. The van der Waals surface area contributed by atoms with Gasteiger partial charge in [-0.25, -0.2) is 0 Å². The second kappa shape index (κ2) is 8.57. The molecule has 4 aliphatic rings. The van der Waals surface area contributed by atoms with Crippen LogP contribution in [0.3, 0.4) is 0 Å². The normalized spacial score (nSPS) is 32.9. The Morgan fingerprint density at radius 1 is 1.07 bits per heavy atom. The van der Waals surface area contributed by atoms with Crippen molar-refractivity contribution >= 4 is 16.2 Å². The van der Waals surface area contributed by atoms with Crippen LogP contribution in [0.15, 0.2) is 18.2 Å². The van der Waals surface area contributed by atoms with Crippen LogP contribution in [0.4, 0.5) is 0 Å². The van der Waals surface area contributed by atoms with Crippen molar-refractivity contribution in [1.82, 2.24) is 10.6 Å². The van der Waals surface area contributed by atoms with E-state index in [1.54, 1.807) is 12.1 Å². The first-order valence-corrected chi connectivity index (χ1v) is 12.4. The molecule has 0 radical (unpaired) electrons. The number of ketones is 1. The van der Waals surface area contributed by atoms with E-state index in [0.717, 1.165) is 70.3 Å². The van der Waals surface area contributed by atoms with Crippen LogP contribution in [0.2, 0.25) is 0 Å². The SMILES string of the molecule is C1CNCCN1.C[C@]12CC[C@H]3c4ccc(OS(=O)(=O)O)cc4CC[C@H]3[C@H]1CCC2=O. The zero-order valence-corrected chi connectivity index (χ0v) is 18.3. The fourth-order valence-corrected chi connectivity index (χ4v) is 6.45. The number of piperazine rings is 1. The number of carbonyl (C=O) groups excluding carboxylic acids is 1. The second-order valence-corrected chi connectivity index (χ2v) is 10.2. The molecule has 2 saturated carbocycles. The van der Waals surface area contributed by atoms with Crippen molar-refractivity contribution in [3.05, 3.63) is 29.3 Å². The van der Waals surface area contributed by atoms with E-state index in [0.29, 0.717) is 23.5 Å². The number of fused-ring (bicyclic) bond motifs is 5. The van der Waals surface area contributed by atoms with Crippen molar-refractivity contribution in [2.24, 2.45) is 17.3 Å². The quantitative estimate of drug-likeness (QED) is 0.612. The number of aryl methyl sites for hydroxylation is 1. The maximum atomic E-state index is 12.3. The van der Waals surface area contributed by atoms with E-state index in [1.807, 2.05) is 6.07 Å². The average molecular weight is 437 g/mol. The molecule has 166 valence electrons. The third kappa shape index (κ3) is 4.42. The Labute approximate surface area is 178 Å². The van der Waals surface area contributed by atoms with Crippen LogP contribution in [0.1, 0.15) is 56.1 Å². The van der Waals surface area contributed by atoms with E-state index >= 15 is 0 Å². The fourth-order valence-electron chi connectivity index (χ4n) is 6.11. The molecular weight excluding hydrogens is 404 g/mol. The lowest BCUT2D eigenvalue weighted by Crippen LogP contribution is -2.42. The summed E-state index contributed by atoms with van der Waals surface area (Å²) in [6.45, 7) is 6.71. The molecule has 0 bridgehead atoms. The molecule has 1 saturated heterocycles. The summed E-state index contributed by atoms with van der Waals surface area (Å²) in [7, 11) is -4.49. The number of rotatable bonds is 2. The number of hydrogen-bond donors (Lipinski definition) is 3. The molecule has 5 rings (SSSR count). The van der Waals surface area contributed by atoms with Crippen LogP contribution in [-0.2, 0) is 21.6 Å². The van der Waals surface area contributed by atoms with Gasteiger partial charge in [-0.15, -0.1) is 0 Å². The largest absolute Gasteiger partial charge is 0.446 e. The monoisotopic (exact) mass is 436 g/mol. The zero-order valence-electron chi connectivity index (χ0n) is 17.5. The molecule has 0 amide bonds. The summed E-state index contributed by atoms with van der Waals surface area (Å²) in [5, 5.41) is 6.44. The van der Waals surface area contributed by atoms with E-state index in [1.165, 1.54) is 5.56 Å². The zero-order chi connectivity index (χ0) is 21.4. The molecule has 1 aromatic rings. The molecule has 0 unspecified atom stereocenters. The van der Waals surface area contributed by atoms with Gasteiger partial charge in [-0.1, -0.05) is 13.0 Å². The Morgan fingerprint density at radius 3 is 2.40 bits per heavy atom. The van der Waals surface area contributed by atoms with E-state index in [2.05, 4.69) is 21.7 Å². The molecule has 1 aliphatic heterocycles. The first kappa shape index (κ1) is 21.7. The topological polar surface area (TPSA) is 105 Å². The van der Waals surface area contributed by atoms with Gasteiger partial charge >= 0.3 is 10.4 Å². The minimum absolute atomic E-state index is 0.132. The van der Waals surface area contributed by atoms with Crippen molar-refractivity contribution in [3.8, 4) is 5.75 Å². The summed E-state index contributed by atoms with van der Waals surface area (Å²) in [6.07, 6.45) is 5.57. The third-order valence-corrected chi connectivity index (χ3v) is 7.97. The summed E-state index contributed by atoms with van der Waals surface area (Å²) in [4.78, 5) is 12.3. The minimum Gasteiger partial charge on any atom is -0.362 e. The van der Waals surface area contributed by atoms with Crippen molar-refractivity contribution in [2.45, 2.75) is 51.4 Å². The van der Waals surface area contributed by atoms with E-state index in [4.69, 9.17) is 4.55 Å². The van der Waals surface area contributed by atoms with Gasteiger partial charge in [-0.05, 0) is 73.1 Å². The van der Waals surface area contributed by atoms with Gasteiger partial charge in [0, 0.05) is 38.0 Å². The van der Waals surface area contributed by atoms with Crippen LogP contribution in [0.25, 0.3) is 0 Å². The van der Waals surface area contributed by atoms with Crippen molar-refractivity contribution < 1.29 is 21.9 Å². The smallest absolute Gasteiger partial charge is 0.362 e. The number of benzene rings is 1. The third-order valence-electron chi connectivity index (χ3n) is 7.57. The molecule has 3 N–H and O–H groups in total. The van der Waals surface area contributed by atoms with Gasteiger partial charge in [0.1, 0.15) is 11.5 Å². The second-order valence-electron chi connectivity index (χ2n) is 9.21. The van der Waals surface area contributed by atoms with Gasteiger partial charge in [0.2, 0.25) is 0 Å². The molecule has 0 aromatic heterocycles. The van der Waals surface area contributed by atoms with Crippen molar-refractivity contribution in [1.29, 1.82) is 0 Å². The predicted octanol–water partition coefficient (Wildman–Crippen LogP) is 2.47. The van der Waals surface area contributed by atoms with E-state index in [-0.39, 0.29) is 11.2 Å². The molecule has 30 heavy (non-hydrogen) atoms. The maximum Gasteiger partial charge on any atom is 0.446 e. The number of Topliss-reactive ketones (excluding diaryl/α,β-unsaturated/α-hetero) is 1. The molecule has 3 aliphatic carbocycles. The molecule has 4 atom stereocenters. The first-order valence-electron chi connectivity index (χ1n) is 11.0. The summed E-state index contributed by atoms with van der Waals surface area (Å²) < 4.78 is 35.2. The van der Waals surface area contributed by atoms with Gasteiger partial charge in [0.25, 0.3) is 0 Å². The van der Waals surface area contributed by atoms with Crippen LogP contribution in [0, 0.1) is 17.3 Å². The Bertz CT molecular complexity index is 887. The number of hydrogen-bond acceptors (Lipinski definition) is 6. The highest BCUT2D eigenvalue weighted by Gasteiger charge is 2.54. The highest BCUT2D eigenvalue weighted by molar-refractivity contribution is 7.81. The average Bonchev–Trinajstić information content (AvgIpc) is 3.03. The fraction of sp³-hybridized carbons (Fsp3) is 0.682. The molecule has 0 spiro atoms. The van der Waals surface area contributed by atoms with Gasteiger partial charge in [-0.2, -0.15) is 8.42 Å². The lowest BCUT2D eigenvalue weighted by Gasteiger charge is -2.48. The lowest BCUT2D eigenvalue weighted by atomic mass is 9.55. The highest BCUT2D eigenvalue weighted by Crippen LogP contribution is 2.59. The summed E-state index contributed by atoms with van der Waals surface area (Å²) in [5.74, 6) is 2.05. The molecule has 7 nitrogen and oxygen atoms in total. The van der Waals surface area contributed by atoms with E-state index in [9.17, 15) is 13.2 Å². The first-order chi connectivity index (χ1) is 14.3. The Balaban J connectivity index is 0.000000313. The Hall–Kier alpha value is -1.48. The predicted molar refractivity (Wildman–Crippen MR) is 114 cm³/mol. The molecule has 1 aromatic carbocycles. The molecule has 1 heterocycles. The summed E-state index contributed by atoms with van der Waals surface area (Å²) in [6, 6.07) is 5.28. The van der Waals surface area contributed by atoms with Gasteiger partial charge in [-0.3, -0.25) is 9.35 Å². The van der Waals surface area contributed by atoms with Crippen LogP contribution < -0.4 is 14.8 Å². The van der Waals surface area contributed by atoms with Crippen molar-refractivity contribution in [2.75, 3.05) is 26.2 Å². The van der Waals surface area contributed by atoms with Gasteiger partial charge in [0.05, 0.1) is 0 Å². The van der Waals surface area contributed by atoms with Crippen molar-refractivity contribution in [3.63, 3.8) is 0 Å². The molecule has 8 heteroatoms. The number of nitrogens with one attached hydrogen (secondary N) is 2. The van der Waals surface area contributed by atoms with Gasteiger partial charge in [0.15, 0.2) is 0 Å². The van der Waals surface area contributed by atoms with E-state index < -0.39 is 10.4 Å². The van der Waals surface area contributed by atoms with Crippen LogP contribution in [0.5, 0.6) is 5.75 Å². The maximum absolute atomic E-state index is 12.3. The summed E-state index contributed by atoms with van der Waals surface area (Å²) in [5.41, 5.74) is 2.23. The molecule has 3 fully saturated rings. The summed E-state index contributed by atoms with van der Waals surface area (Å²) >= 11 is 0. The standard InChI is InChI=1S/C18H22O5S.C4H10N2/c1-18-9-8-14-13-5-3-12(23-24(20,21)22)10-11(13)2-4-15(14)16(18)6-7-17(18)19;1-2-6-4-3-5-1/h3,5,10,14-16H,2,4,6-9H2,1H3,(H,20,21,22);5-6H,1-4H2/t14-,15+,16+,18-;/m0./s1. The lowest BCUT2D eigenvalue weighted by molar-refractivity contribution is -0.129. The van der Waals surface area contributed by atoms with Crippen LogP contribution >= 0.6 is 0 Å². The Kier molecular flexibility index (Phi) is 6.21. The molecular formula is C22H32N2O5S. The van der Waals surface area contributed by atoms with Crippen LogP contribution in [-0.4, -0.2) is 44.9 Å². The number of carbonyl (C=O) groups is 1. The van der Waals surface area contributed by atoms with Gasteiger partial charge < -0.3 is 14.8 Å². The minimum atomic E-state index is -4.49.